The van der Waals surface area contributed by atoms with Gasteiger partial charge in [-0.15, -0.1) is 0 Å². The Bertz CT molecular complexity index is 393. The third kappa shape index (κ3) is 1.01. The fraction of sp³-hybridized carbons (Fsp3) is 0.100. The molecule has 1 aliphatic heterocycles. The predicted molar refractivity (Wildman–Crippen MR) is 47.4 cm³/mol. The second-order valence-electron chi connectivity index (χ2n) is 2.70. The van der Waals surface area contributed by atoms with E-state index in [9.17, 15) is 4.79 Å². The van der Waals surface area contributed by atoms with Crippen LogP contribution in [0.5, 0.6) is 5.75 Å². The molecule has 0 bridgehead atoms. The summed E-state index contributed by atoms with van der Waals surface area (Å²) in [7, 11) is 1.52. The van der Waals surface area contributed by atoms with Crippen LogP contribution in [0.3, 0.4) is 0 Å². The third-order valence-corrected chi connectivity index (χ3v) is 1.97. The first-order chi connectivity index (χ1) is 6.24. The van der Waals surface area contributed by atoms with Crippen LogP contribution in [0, 0.1) is 0 Å². The van der Waals surface area contributed by atoms with Crippen molar-refractivity contribution in [2.75, 3.05) is 7.11 Å². The van der Waals surface area contributed by atoms with Crippen molar-refractivity contribution in [2.24, 2.45) is 0 Å². The highest BCUT2D eigenvalue weighted by atomic mass is 16.5. The summed E-state index contributed by atoms with van der Waals surface area (Å²) in [5.74, 6) is 0.525. The van der Waals surface area contributed by atoms with E-state index in [0.717, 1.165) is 0 Å². The van der Waals surface area contributed by atoms with Crippen molar-refractivity contribution in [2.45, 2.75) is 0 Å². The molecule has 66 valence electrons. The molecule has 0 aromatic heterocycles. The number of fused-ring (bicyclic) bond motifs is 1. The summed E-state index contributed by atoms with van der Waals surface area (Å²) in [6.45, 7) is 3.62. The molecule has 3 nitrogen and oxygen atoms in total. The Morgan fingerprint density at radius 3 is 2.92 bits per heavy atom. The summed E-state index contributed by atoms with van der Waals surface area (Å²) in [6, 6.07) is 5.30. The van der Waals surface area contributed by atoms with Crippen LogP contribution in [0.15, 0.2) is 24.8 Å². The van der Waals surface area contributed by atoms with Gasteiger partial charge in [0, 0.05) is 5.56 Å². The standard InChI is InChI=1S/C10H8O3/c1-6-7-4-3-5-8(12-2)9(7)10(11)13-6/h3-5H,1H2,2H3. The fourth-order valence-electron chi connectivity index (χ4n) is 1.36. The minimum absolute atomic E-state index is 0.388. The molecule has 0 fully saturated rings. The third-order valence-electron chi connectivity index (χ3n) is 1.97. The average Bonchev–Trinajstić information content (AvgIpc) is 2.43. The van der Waals surface area contributed by atoms with E-state index in [4.69, 9.17) is 9.47 Å². The minimum Gasteiger partial charge on any atom is -0.496 e. The van der Waals surface area contributed by atoms with E-state index < -0.39 is 5.97 Å². The van der Waals surface area contributed by atoms with Gasteiger partial charge in [-0.3, -0.25) is 0 Å². The van der Waals surface area contributed by atoms with E-state index in [0.29, 0.717) is 22.6 Å². The van der Waals surface area contributed by atoms with E-state index in [1.54, 1.807) is 18.2 Å². The van der Waals surface area contributed by atoms with Gasteiger partial charge in [-0.2, -0.15) is 0 Å². The summed E-state index contributed by atoms with van der Waals surface area (Å²) in [6.07, 6.45) is 0. The number of benzene rings is 1. The first kappa shape index (κ1) is 7.86. The van der Waals surface area contributed by atoms with E-state index in [2.05, 4.69) is 6.58 Å². The molecule has 0 saturated carbocycles. The van der Waals surface area contributed by atoms with E-state index in [1.807, 2.05) is 0 Å². The molecule has 0 aliphatic carbocycles. The van der Waals surface area contributed by atoms with Gasteiger partial charge in [0.05, 0.1) is 7.11 Å². The van der Waals surface area contributed by atoms with Crippen LogP contribution < -0.4 is 4.74 Å². The van der Waals surface area contributed by atoms with Crippen molar-refractivity contribution in [1.82, 2.24) is 0 Å². The molecule has 13 heavy (non-hydrogen) atoms. The number of carbonyl (C=O) groups is 1. The SMILES string of the molecule is C=C1OC(=O)c2c(OC)cccc21. The number of ether oxygens (including phenoxy) is 2. The maximum atomic E-state index is 11.3. The summed E-state index contributed by atoms with van der Waals surface area (Å²) in [5.41, 5.74) is 1.18. The Hall–Kier alpha value is -1.77. The molecular weight excluding hydrogens is 168 g/mol. The zero-order valence-electron chi connectivity index (χ0n) is 7.16. The fourth-order valence-corrected chi connectivity index (χ4v) is 1.36. The maximum Gasteiger partial charge on any atom is 0.348 e. The Labute approximate surface area is 75.6 Å². The van der Waals surface area contributed by atoms with Crippen molar-refractivity contribution in [1.29, 1.82) is 0 Å². The zero-order chi connectivity index (χ0) is 9.42. The van der Waals surface area contributed by atoms with Crippen molar-refractivity contribution in [3.05, 3.63) is 35.9 Å². The van der Waals surface area contributed by atoms with Gasteiger partial charge in [0.15, 0.2) is 0 Å². The van der Waals surface area contributed by atoms with Crippen LogP contribution >= 0.6 is 0 Å². The largest absolute Gasteiger partial charge is 0.496 e. The number of rotatable bonds is 1. The molecule has 0 unspecified atom stereocenters. The second kappa shape index (κ2) is 2.62. The molecule has 1 aromatic rings. The average molecular weight is 176 g/mol. The molecule has 0 N–H and O–H groups in total. The van der Waals surface area contributed by atoms with Crippen LogP contribution in [0.4, 0.5) is 0 Å². The molecule has 0 radical (unpaired) electrons. The number of esters is 1. The minimum atomic E-state index is -0.391. The van der Waals surface area contributed by atoms with Gasteiger partial charge in [0.2, 0.25) is 0 Å². The lowest BCUT2D eigenvalue weighted by Gasteiger charge is -2.01. The molecule has 3 heteroatoms. The van der Waals surface area contributed by atoms with Crippen molar-refractivity contribution >= 4 is 11.7 Å². The number of cyclic esters (lactones) is 1. The smallest absolute Gasteiger partial charge is 0.348 e. The summed E-state index contributed by atoms with van der Waals surface area (Å²) < 4.78 is 9.89. The van der Waals surface area contributed by atoms with Gasteiger partial charge < -0.3 is 9.47 Å². The van der Waals surface area contributed by atoms with Crippen LogP contribution in [0.1, 0.15) is 15.9 Å². The van der Waals surface area contributed by atoms with Crippen molar-refractivity contribution in [3.63, 3.8) is 0 Å². The second-order valence-corrected chi connectivity index (χ2v) is 2.70. The first-order valence-corrected chi connectivity index (χ1v) is 3.82. The van der Waals surface area contributed by atoms with Crippen LogP contribution in [0.25, 0.3) is 5.76 Å². The Balaban J connectivity index is 2.69. The first-order valence-electron chi connectivity index (χ1n) is 3.82. The highest BCUT2D eigenvalue weighted by Crippen LogP contribution is 2.34. The van der Waals surface area contributed by atoms with Gasteiger partial charge >= 0.3 is 5.97 Å². The Morgan fingerprint density at radius 2 is 2.23 bits per heavy atom. The maximum absolute atomic E-state index is 11.3. The Kier molecular flexibility index (Phi) is 1.59. The zero-order valence-corrected chi connectivity index (χ0v) is 7.16. The number of carbonyl (C=O) groups excluding carboxylic acids is 1. The molecule has 0 atom stereocenters. The van der Waals surface area contributed by atoms with Crippen molar-refractivity contribution < 1.29 is 14.3 Å². The van der Waals surface area contributed by atoms with Gasteiger partial charge in [-0.25, -0.2) is 4.79 Å². The predicted octanol–water partition coefficient (Wildman–Crippen LogP) is 1.84. The molecule has 0 saturated heterocycles. The van der Waals surface area contributed by atoms with Crippen LogP contribution in [-0.2, 0) is 4.74 Å². The van der Waals surface area contributed by atoms with Gasteiger partial charge in [-0.1, -0.05) is 18.7 Å². The normalized spacial score (nSPS) is 13.9. The molecule has 2 rings (SSSR count). The number of hydrogen-bond donors (Lipinski definition) is 0. The highest BCUT2D eigenvalue weighted by molar-refractivity contribution is 6.04. The van der Waals surface area contributed by atoms with Gasteiger partial charge in [-0.05, 0) is 6.07 Å². The lowest BCUT2D eigenvalue weighted by Crippen LogP contribution is -1.97. The molecule has 0 spiro atoms. The van der Waals surface area contributed by atoms with Crippen LogP contribution in [-0.4, -0.2) is 13.1 Å². The summed E-state index contributed by atoms with van der Waals surface area (Å²) >= 11 is 0. The summed E-state index contributed by atoms with van der Waals surface area (Å²) in [5, 5.41) is 0. The van der Waals surface area contributed by atoms with Gasteiger partial charge in [0.1, 0.15) is 17.1 Å². The van der Waals surface area contributed by atoms with E-state index in [1.165, 1.54) is 7.11 Å². The molecule has 0 amide bonds. The van der Waals surface area contributed by atoms with Crippen LogP contribution in [0.2, 0.25) is 0 Å². The molecular formula is C10H8O3. The Morgan fingerprint density at radius 1 is 1.46 bits per heavy atom. The van der Waals surface area contributed by atoms with Gasteiger partial charge in [0.25, 0.3) is 0 Å². The number of methoxy groups -OCH3 is 1. The summed E-state index contributed by atoms with van der Waals surface area (Å²) in [4.78, 5) is 11.3. The lowest BCUT2D eigenvalue weighted by atomic mass is 10.1. The monoisotopic (exact) mass is 176 g/mol. The molecule has 1 aliphatic rings. The molecule has 1 aromatic carbocycles. The van der Waals surface area contributed by atoms with Crippen molar-refractivity contribution in [3.8, 4) is 5.75 Å². The lowest BCUT2D eigenvalue weighted by molar-refractivity contribution is 0.0713. The number of hydrogen-bond acceptors (Lipinski definition) is 3. The van der Waals surface area contributed by atoms with E-state index in [-0.39, 0.29) is 0 Å². The topological polar surface area (TPSA) is 35.5 Å². The van der Waals surface area contributed by atoms with E-state index >= 15 is 0 Å². The molecule has 1 heterocycles. The quantitative estimate of drug-likeness (QED) is 0.612. The highest BCUT2D eigenvalue weighted by Gasteiger charge is 2.28.